The third-order valence-electron chi connectivity index (χ3n) is 7.41. The van der Waals surface area contributed by atoms with Gasteiger partial charge in [0.05, 0.1) is 16.1 Å². The van der Waals surface area contributed by atoms with Gasteiger partial charge in [0.1, 0.15) is 11.7 Å². The van der Waals surface area contributed by atoms with Crippen molar-refractivity contribution in [1.29, 1.82) is 0 Å². The fraction of sp³-hybridized carbons (Fsp3) is 0.171. The first-order valence-electron chi connectivity index (χ1n) is 14.4. The van der Waals surface area contributed by atoms with E-state index in [2.05, 4.69) is 16.0 Å². The summed E-state index contributed by atoms with van der Waals surface area (Å²) in [5.74, 6) is -1.42. The van der Waals surface area contributed by atoms with Crippen molar-refractivity contribution >= 4 is 45.9 Å². The van der Waals surface area contributed by atoms with Crippen LogP contribution in [0.2, 0.25) is 5.02 Å². The molecular weight excluding hydrogens is 617 g/mol. The predicted octanol–water partition coefficient (Wildman–Crippen LogP) is 7.77. The highest BCUT2D eigenvalue weighted by Gasteiger charge is 2.30. The Balaban J connectivity index is 1.41. The lowest BCUT2D eigenvalue weighted by molar-refractivity contribution is -0.137. The Morgan fingerprint density at radius 3 is 2.11 bits per heavy atom. The first-order valence-corrected chi connectivity index (χ1v) is 14.7. The second kappa shape index (κ2) is 13.1. The van der Waals surface area contributed by atoms with Crippen molar-refractivity contribution in [3.05, 3.63) is 124 Å². The summed E-state index contributed by atoms with van der Waals surface area (Å²) in [6.07, 6.45) is -4.47. The number of carbonyl (C=O) groups is 3. The van der Waals surface area contributed by atoms with E-state index in [1.165, 1.54) is 12.1 Å². The van der Waals surface area contributed by atoms with E-state index < -0.39 is 29.6 Å². The van der Waals surface area contributed by atoms with Crippen molar-refractivity contribution < 1.29 is 27.6 Å². The summed E-state index contributed by atoms with van der Waals surface area (Å²) in [5, 5.41) is 9.10. The Kier molecular flexibility index (Phi) is 9.20. The number of carbonyl (C=O) groups excluding carboxylic acids is 3. The second-order valence-corrected chi connectivity index (χ2v) is 11.4. The van der Waals surface area contributed by atoms with Gasteiger partial charge < -0.3 is 20.5 Å². The number of hydrogen-bond donors (Lipinski definition) is 3. The van der Waals surface area contributed by atoms with Gasteiger partial charge in [-0.2, -0.15) is 13.2 Å². The topological polar surface area (TPSA) is 92.2 Å². The van der Waals surface area contributed by atoms with Crippen molar-refractivity contribution in [1.82, 2.24) is 15.2 Å². The standard InChI is InChI=1S/C35H30ClF3N4O3/c1-20(2)40-33(45)30(22-9-5-4-6-10-22)42-34(46)31-29(36)27-19-24(17-18-28(27)43(31)3)41-32(44)26-12-8-7-11-25(26)21-13-15-23(16-14-21)35(37,38)39/h4-20,30H,1-3H3,(H,40,45)(H,41,44)(H,42,46). The number of alkyl halides is 3. The van der Waals surface area contributed by atoms with Gasteiger partial charge in [-0.3, -0.25) is 14.4 Å². The van der Waals surface area contributed by atoms with Gasteiger partial charge >= 0.3 is 6.18 Å². The molecule has 1 unspecified atom stereocenters. The van der Waals surface area contributed by atoms with Gasteiger partial charge in [-0.05, 0) is 66.9 Å². The molecule has 0 radical (unpaired) electrons. The summed E-state index contributed by atoms with van der Waals surface area (Å²) >= 11 is 6.75. The number of amides is 3. The number of benzene rings is 4. The maximum Gasteiger partial charge on any atom is 0.416 e. The SMILES string of the molecule is CC(C)NC(=O)C(NC(=O)c1c(Cl)c2cc(NC(=O)c3ccccc3-c3ccc(C(F)(F)F)cc3)ccc2n1C)c1ccccc1. The second-order valence-electron chi connectivity index (χ2n) is 11.0. The molecule has 1 aromatic heterocycles. The smallest absolute Gasteiger partial charge is 0.352 e. The van der Waals surface area contributed by atoms with E-state index in [-0.39, 0.29) is 28.2 Å². The van der Waals surface area contributed by atoms with Crippen molar-refractivity contribution in [3.63, 3.8) is 0 Å². The van der Waals surface area contributed by atoms with E-state index in [0.29, 0.717) is 33.3 Å². The zero-order valence-electron chi connectivity index (χ0n) is 25.1. The van der Waals surface area contributed by atoms with Crippen LogP contribution in [0, 0.1) is 0 Å². The summed E-state index contributed by atoms with van der Waals surface area (Å²) < 4.78 is 40.8. The van der Waals surface area contributed by atoms with Crippen LogP contribution in [0.25, 0.3) is 22.0 Å². The number of fused-ring (bicyclic) bond motifs is 1. The summed E-state index contributed by atoms with van der Waals surface area (Å²) in [4.78, 5) is 40.0. The molecule has 5 rings (SSSR count). The molecule has 0 saturated heterocycles. The van der Waals surface area contributed by atoms with Gasteiger partial charge in [0.15, 0.2) is 0 Å². The van der Waals surface area contributed by atoms with E-state index in [0.717, 1.165) is 12.1 Å². The number of rotatable bonds is 8. The maximum absolute atomic E-state index is 13.6. The van der Waals surface area contributed by atoms with E-state index in [4.69, 9.17) is 11.6 Å². The van der Waals surface area contributed by atoms with Gasteiger partial charge in [0.25, 0.3) is 11.8 Å². The monoisotopic (exact) mass is 646 g/mol. The molecule has 3 N–H and O–H groups in total. The molecule has 0 saturated carbocycles. The molecule has 0 bridgehead atoms. The van der Waals surface area contributed by atoms with Crippen molar-refractivity contribution in [2.75, 3.05) is 5.32 Å². The molecule has 0 aliphatic heterocycles. The molecule has 0 aliphatic rings. The van der Waals surface area contributed by atoms with E-state index in [1.54, 1.807) is 78.3 Å². The minimum Gasteiger partial charge on any atom is -0.352 e. The van der Waals surface area contributed by atoms with Crippen molar-refractivity contribution in [2.24, 2.45) is 7.05 Å². The fourth-order valence-corrected chi connectivity index (χ4v) is 5.58. The number of halogens is 4. The summed E-state index contributed by atoms with van der Waals surface area (Å²) in [5.41, 5.74) is 2.12. The van der Waals surface area contributed by atoms with E-state index in [9.17, 15) is 27.6 Å². The molecule has 0 fully saturated rings. The number of aryl methyl sites for hydroxylation is 1. The molecule has 4 aromatic carbocycles. The Hall–Kier alpha value is -5.09. The zero-order chi connectivity index (χ0) is 33.2. The van der Waals surface area contributed by atoms with E-state index >= 15 is 0 Å². The van der Waals surface area contributed by atoms with Crippen molar-refractivity contribution in [3.8, 4) is 11.1 Å². The highest BCUT2D eigenvalue weighted by molar-refractivity contribution is 6.39. The lowest BCUT2D eigenvalue weighted by Gasteiger charge is -2.20. The van der Waals surface area contributed by atoms with Crippen LogP contribution in [0.1, 0.15) is 51.9 Å². The average molecular weight is 647 g/mol. The van der Waals surface area contributed by atoms with Gasteiger partial charge in [-0.15, -0.1) is 0 Å². The quantitative estimate of drug-likeness (QED) is 0.161. The maximum atomic E-state index is 13.6. The molecular formula is C35H30ClF3N4O3. The Morgan fingerprint density at radius 2 is 1.46 bits per heavy atom. The number of aromatic nitrogens is 1. The Labute approximate surface area is 268 Å². The van der Waals surface area contributed by atoms with Crippen LogP contribution in [-0.2, 0) is 18.0 Å². The minimum atomic E-state index is -4.47. The van der Waals surface area contributed by atoms with Crippen LogP contribution in [0.4, 0.5) is 18.9 Å². The number of hydrogen-bond acceptors (Lipinski definition) is 3. The third kappa shape index (κ3) is 6.77. The van der Waals surface area contributed by atoms with Crippen LogP contribution < -0.4 is 16.0 Å². The molecule has 46 heavy (non-hydrogen) atoms. The molecule has 5 aromatic rings. The molecule has 0 spiro atoms. The molecule has 11 heteroatoms. The van der Waals surface area contributed by atoms with Crippen molar-refractivity contribution in [2.45, 2.75) is 32.1 Å². The zero-order valence-corrected chi connectivity index (χ0v) is 25.8. The average Bonchev–Trinajstić information content (AvgIpc) is 3.28. The first kappa shape index (κ1) is 32.3. The third-order valence-corrected chi connectivity index (χ3v) is 7.79. The minimum absolute atomic E-state index is 0.131. The summed E-state index contributed by atoms with van der Waals surface area (Å²) in [6.45, 7) is 3.65. The van der Waals surface area contributed by atoms with Gasteiger partial charge in [0, 0.05) is 29.7 Å². The number of nitrogens with one attached hydrogen (secondary N) is 3. The van der Waals surface area contributed by atoms with Gasteiger partial charge in [-0.25, -0.2) is 0 Å². The van der Waals surface area contributed by atoms with Crippen LogP contribution in [-0.4, -0.2) is 28.3 Å². The van der Waals surface area contributed by atoms with Gasteiger partial charge in [-0.1, -0.05) is 72.3 Å². The van der Waals surface area contributed by atoms with Gasteiger partial charge in [0.2, 0.25) is 5.91 Å². The van der Waals surface area contributed by atoms with Crippen LogP contribution in [0.5, 0.6) is 0 Å². The lowest BCUT2D eigenvalue weighted by Crippen LogP contribution is -2.43. The van der Waals surface area contributed by atoms with E-state index in [1.807, 2.05) is 19.9 Å². The van der Waals surface area contributed by atoms with Crippen LogP contribution in [0.15, 0.2) is 97.1 Å². The molecule has 0 aliphatic carbocycles. The summed E-state index contributed by atoms with van der Waals surface area (Å²) in [6, 6.07) is 23.9. The normalized spacial score (nSPS) is 12.2. The Bertz CT molecular complexity index is 1920. The first-order chi connectivity index (χ1) is 21.8. The molecule has 3 amide bonds. The van der Waals surface area contributed by atoms with Crippen LogP contribution >= 0.6 is 11.6 Å². The highest BCUT2D eigenvalue weighted by atomic mass is 35.5. The predicted molar refractivity (Wildman–Crippen MR) is 173 cm³/mol. The largest absolute Gasteiger partial charge is 0.416 e. The molecule has 1 heterocycles. The van der Waals surface area contributed by atoms with Crippen LogP contribution in [0.3, 0.4) is 0 Å². The molecule has 1 atom stereocenters. The fourth-order valence-electron chi connectivity index (χ4n) is 5.21. The number of nitrogens with zero attached hydrogens (tertiary/aromatic N) is 1. The lowest BCUT2D eigenvalue weighted by atomic mass is 9.98. The molecule has 7 nitrogen and oxygen atoms in total. The number of anilines is 1. The summed E-state index contributed by atoms with van der Waals surface area (Å²) in [7, 11) is 1.67. The molecule has 236 valence electrons. The Morgan fingerprint density at radius 1 is 0.804 bits per heavy atom. The highest BCUT2D eigenvalue weighted by Crippen LogP contribution is 2.34.